The van der Waals surface area contributed by atoms with Gasteiger partial charge >= 0.3 is 0 Å². The van der Waals surface area contributed by atoms with Gasteiger partial charge in [-0.05, 0) is 37.0 Å². The summed E-state index contributed by atoms with van der Waals surface area (Å²) < 4.78 is 2.40. The predicted molar refractivity (Wildman–Crippen MR) is 77.9 cm³/mol. The Labute approximate surface area is 114 Å². The summed E-state index contributed by atoms with van der Waals surface area (Å²) in [5, 5.41) is 1.18. The summed E-state index contributed by atoms with van der Waals surface area (Å²) in [4.78, 5) is 7.17. The van der Waals surface area contributed by atoms with E-state index < -0.39 is 0 Å². The maximum atomic E-state index is 4.74. The summed E-state index contributed by atoms with van der Waals surface area (Å²) in [7, 11) is 0. The van der Waals surface area contributed by atoms with Crippen molar-refractivity contribution >= 4 is 42.6 Å². The first kappa shape index (κ1) is 11.5. The van der Waals surface area contributed by atoms with E-state index in [1.165, 1.54) is 22.7 Å². The van der Waals surface area contributed by atoms with Crippen LogP contribution < -0.4 is 4.90 Å². The lowest BCUT2D eigenvalue weighted by atomic mass is 10.0. The Bertz CT molecular complexity index is 537. The molecule has 0 unspecified atom stereocenters. The number of aromatic nitrogens is 1. The fourth-order valence-electron chi connectivity index (χ4n) is 2.38. The number of thiazole rings is 1. The van der Waals surface area contributed by atoms with E-state index in [1.807, 2.05) is 0 Å². The third-order valence-corrected chi connectivity index (χ3v) is 4.84. The zero-order chi connectivity index (χ0) is 11.8. The highest BCUT2D eigenvalue weighted by Gasteiger charge is 2.19. The van der Waals surface area contributed by atoms with Gasteiger partial charge in [0.05, 0.1) is 10.2 Å². The predicted octanol–water partition coefficient (Wildman–Crippen LogP) is 4.30. The summed E-state index contributed by atoms with van der Waals surface area (Å²) in [6.07, 6.45) is 2.65. The number of fused-ring (bicyclic) bond motifs is 1. The normalized spacial score (nSPS) is 21.1. The quantitative estimate of drug-likeness (QED) is 0.781. The van der Waals surface area contributed by atoms with Crippen LogP contribution in [-0.4, -0.2) is 18.1 Å². The van der Waals surface area contributed by atoms with Crippen molar-refractivity contribution in [2.75, 3.05) is 18.0 Å². The molecule has 1 aromatic carbocycles. The summed E-state index contributed by atoms with van der Waals surface area (Å²) in [6, 6.07) is 6.31. The van der Waals surface area contributed by atoms with Crippen LogP contribution in [-0.2, 0) is 0 Å². The Morgan fingerprint density at radius 1 is 1.47 bits per heavy atom. The van der Waals surface area contributed by atoms with Crippen LogP contribution in [0.3, 0.4) is 0 Å². The summed E-state index contributed by atoms with van der Waals surface area (Å²) >= 11 is 5.32. The van der Waals surface area contributed by atoms with Gasteiger partial charge in [0.1, 0.15) is 0 Å². The van der Waals surface area contributed by atoms with Crippen molar-refractivity contribution in [2.45, 2.75) is 19.8 Å². The lowest BCUT2D eigenvalue weighted by Crippen LogP contribution is -2.34. The fraction of sp³-hybridized carbons (Fsp3) is 0.462. The van der Waals surface area contributed by atoms with Crippen LogP contribution in [0.15, 0.2) is 22.7 Å². The lowest BCUT2D eigenvalue weighted by Gasteiger charge is -2.30. The number of halogens is 1. The number of rotatable bonds is 1. The molecule has 1 aliphatic heterocycles. The molecule has 4 heteroatoms. The Morgan fingerprint density at radius 3 is 3.18 bits per heavy atom. The Hall–Kier alpha value is -0.610. The van der Waals surface area contributed by atoms with Crippen LogP contribution >= 0.6 is 27.3 Å². The average Bonchev–Trinajstić information content (AvgIpc) is 2.72. The Kier molecular flexibility index (Phi) is 3.09. The summed E-state index contributed by atoms with van der Waals surface area (Å²) in [5.74, 6) is 0.794. The highest BCUT2D eigenvalue weighted by Crippen LogP contribution is 2.32. The SMILES string of the molecule is C[C@@H]1CCCN(c2nc3ccc(Br)cc3s2)C1. The van der Waals surface area contributed by atoms with Gasteiger partial charge in [-0.1, -0.05) is 34.2 Å². The molecule has 1 aromatic heterocycles. The van der Waals surface area contributed by atoms with Crippen LogP contribution in [0.1, 0.15) is 19.8 Å². The van der Waals surface area contributed by atoms with Gasteiger partial charge in [-0.2, -0.15) is 0 Å². The monoisotopic (exact) mass is 310 g/mol. The second-order valence-corrected chi connectivity index (χ2v) is 6.73. The number of hydrogen-bond acceptors (Lipinski definition) is 3. The van der Waals surface area contributed by atoms with E-state index in [9.17, 15) is 0 Å². The van der Waals surface area contributed by atoms with E-state index in [1.54, 1.807) is 11.3 Å². The molecule has 0 bridgehead atoms. The van der Waals surface area contributed by atoms with Crippen molar-refractivity contribution in [1.29, 1.82) is 0 Å². The van der Waals surface area contributed by atoms with E-state index >= 15 is 0 Å². The van der Waals surface area contributed by atoms with Crippen molar-refractivity contribution in [3.8, 4) is 0 Å². The van der Waals surface area contributed by atoms with E-state index in [0.29, 0.717) is 0 Å². The molecule has 1 atom stereocenters. The molecule has 2 heterocycles. The van der Waals surface area contributed by atoms with Crippen LogP contribution in [0.2, 0.25) is 0 Å². The van der Waals surface area contributed by atoms with Crippen molar-refractivity contribution < 1.29 is 0 Å². The number of benzene rings is 1. The average molecular weight is 311 g/mol. The van der Waals surface area contributed by atoms with Gasteiger partial charge in [-0.15, -0.1) is 0 Å². The van der Waals surface area contributed by atoms with E-state index in [4.69, 9.17) is 4.98 Å². The van der Waals surface area contributed by atoms with Gasteiger partial charge in [0, 0.05) is 17.6 Å². The molecule has 2 aromatic rings. The van der Waals surface area contributed by atoms with Gasteiger partial charge < -0.3 is 4.90 Å². The largest absolute Gasteiger partial charge is 0.348 e. The zero-order valence-electron chi connectivity index (χ0n) is 9.82. The summed E-state index contributed by atoms with van der Waals surface area (Å²) in [5.41, 5.74) is 1.12. The molecule has 1 fully saturated rings. The van der Waals surface area contributed by atoms with E-state index in [-0.39, 0.29) is 0 Å². The van der Waals surface area contributed by atoms with Gasteiger partial charge in [0.15, 0.2) is 5.13 Å². The molecule has 90 valence electrons. The Balaban J connectivity index is 1.94. The van der Waals surface area contributed by atoms with Gasteiger partial charge in [0.25, 0.3) is 0 Å². The van der Waals surface area contributed by atoms with Gasteiger partial charge in [-0.25, -0.2) is 4.98 Å². The molecule has 0 radical (unpaired) electrons. The first-order valence-electron chi connectivity index (χ1n) is 6.03. The van der Waals surface area contributed by atoms with Crippen molar-refractivity contribution in [2.24, 2.45) is 5.92 Å². The van der Waals surface area contributed by atoms with Crippen molar-refractivity contribution in [3.05, 3.63) is 22.7 Å². The number of anilines is 1. The minimum atomic E-state index is 0.794. The number of piperidine rings is 1. The minimum Gasteiger partial charge on any atom is -0.348 e. The highest BCUT2D eigenvalue weighted by molar-refractivity contribution is 9.10. The van der Waals surface area contributed by atoms with Crippen LogP contribution in [0, 0.1) is 5.92 Å². The number of nitrogens with zero attached hydrogens (tertiary/aromatic N) is 2. The second kappa shape index (κ2) is 4.58. The first-order chi connectivity index (χ1) is 8.22. The zero-order valence-corrected chi connectivity index (χ0v) is 12.2. The molecule has 0 spiro atoms. The molecule has 0 amide bonds. The molecule has 1 aliphatic rings. The molecule has 0 aliphatic carbocycles. The van der Waals surface area contributed by atoms with Crippen molar-refractivity contribution in [1.82, 2.24) is 4.98 Å². The minimum absolute atomic E-state index is 0.794. The maximum Gasteiger partial charge on any atom is 0.186 e. The molecule has 0 N–H and O–H groups in total. The topological polar surface area (TPSA) is 16.1 Å². The smallest absolute Gasteiger partial charge is 0.186 e. The molecule has 0 saturated carbocycles. The van der Waals surface area contributed by atoms with Crippen molar-refractivity contribution in [3.63, 3.8) is 0 Å². The maximum absolute atomic E-state index is 4.74. The fourth-order valence-corrected chi connectivity index (χ4v) is 3.94. The lowest BCUT2D eigenvalue weighted by molar-refractivity contribution is 0.446. The molecule has 2 nitrogen and oxygen atoms in total. The first-order valence-corrected chi connectivity index (χ1v) is 7.64. The van der Waals surface area contributed by atoms with Crippen LogP contribution in [0.5, 0.6) is 0 Å². The Morgan fingerprint density at radius 2 is 2.35 bits per heavy atom. The molecule has 17 heavy (non-hydrogen) atoms. The number of hydrogen-bond donors (Lipinski definition) is 0. The third kappa shape index (κ3) is 2.33. The molecular formula is C13H15BrN2S. The molecule has 1 saturated heterocycles. The third-order valence-electron chi connectivity index (χ3n) is 3.27. The standard InChI is InChI=1S/C13H15BrN2S/c1-9-3-2-6-16(8-9)13-15-11-5-4-10(14)7-12(11)17-13/h4-5,7,9H,2-3,6,8H2,1H3/t9-/m1/s1. The van der Waals surface area contributed by atoms with Crippen LogP contribution in [0.25, 0.3) is 10.2 Å². The molecular weight excluding hydrogens is 296 g/mol. The highest BCUT2D eigenvalue weighted by atomic mass is 79.9. The van der Waals surface area contributed by atoms with Gasteiger partial charge in [0.2, 0.25) is 0 Å². The summed E-state index contributed by atoms with van der Waals surface area (Å²) in [6.45, 7) is 4.64. The van der Waals surface area contributed by atoms with E-state index in [0.717, 1.165) is 29.0 Å². The van der Waals surface area contributed by atoms with Crippen LogP contribution in [0.4, 0.5) is 5.13 Å². The van der Waals surface area contributed by atoms with E-state index in [2.05, 4.69) is 46.0 Å². The second-order valence-electron chi connectivity index (χ2n) is 4.80. The van der Waals surface area contributed by atoms with Gasteiger partial charge in [-0.3, -0.25) is 0 Å². The molecule has 3 rings (SSSR count).